The maximum Gasteiger partial charge on any atom is 0.291 e. The van der Waals surface area contributed by atoms with Crippen molar-refractivity contribution in [2.45, 2.75) is 23.8 Å². The second kappa shape index (κ2) is 8.51. The Morgan fingerprint density at radius 2 is 1.93 bits per heavy atom. The lowest BCUT2D eigenvalue weighted by Crippen LogP contribution is -2.47. The minimum atomic E-state index is -3.88. The summed E-state index contributed by atoms with van der Waals surface area (Å²) in [6, 6.07) is 4.93. The van der Waals surface area contributed by atoms with Crippen LogP contribution in [0.5, 0.6) is 0 Å². The molecule has 1 aromatic carbocycles. The number of nitrogens with one attached hydrogen (secondary N) is 1. The van der Waals surface area contributed by atoms with Gasteiger partial charge in [-0.3, -0.25) is 9.59 Å². The Kier molecular flexibility index (Phi) is 6.13. The molecule has 2 aliphatic rings. The van der Waals surface area contributed by atoms with E-state index in [-0.39, 0.29) is 26.7 Å². The van der Waals surface area contributed by atoms with Gasteiger partial charge in [-0.1, -0.05) is 23.2 Å². The van der Waals surface area contributed by atoms with Crippen LogP contribution >= 0.6 is 35.0 Å². The van der Waals surface area contributed by atoms with Crippen molar-refractivity contribution in [3.8, 4) is 5.69 Å². The van der Waals surface area contributed by atoms with Gasteiger partial charge in [0, 0.05) is 12.3 Å². The molecule has 2 fully saturated rings. The van der Waals surface area contributed by atoms with Crippen LogP contribution in [0.1, 0.15) is 12.8 Å². The Bertz CT molecular complexity index is 1130. The fourth-order valence-corrected chi connectivity index (χ4v) is 6.45. The summed E-state index contributed by atoms with van der Waals surface area (Å²) in [5.41, 5.74) is -0.268. The smallest absolute Gasteiger partial charge is 0.291 e. The second-order valence-electron chi connectivity index (χ2n) is 7.11. The van der Waals surface area contributed by atoms with Gasteiger partial charge in [0.1, 0.15) is 11.1 Å². The van der Waals surface area contributed by atoms with Crippen LogP contribution in [0.3, 0.4) is 0 Å². The third-order valence-corrected chi connectivity index (χ3v) is 8.76. The summed E-state index contributed by atoms with van der Waals surface area (Å²) in [4.78, 5) is 24.8. The van der Waals surface area contributed by atoms with E-state index in [0.29, 0.717) is 23.9 Å². The Morgan fingerprint density at radius 3 is 2.60 bits per heavy atom. The molecule has 30 heavy (non-hydrogen) atoms. The fraction of sp³-hybridized carbons (Fsp3) is 0.389. The molecular weight excluding hydrogens is 471 g/mol. The molecule has 12 heteroatoms. The van der Waals surface area contributed by atoms with Crippen LogP contribution in [-0.2, 0) is 14.8 Å². The standard InChI is InChI=1S/C18H18Cl2N4O4S2/c19-14-8-22-24(18(26)16(14)20)12-3-5-13(6-4-12)30(27,28)23-10-29-9-15(23)17(25)21-7-11-1-2-11/h3-6,8,11,15H,1-2,7,9-10H2,(H,21,25). The topological polar surface area (TPSA) is 101 Å². The Hall–Kier alpha value is -1.59. The highest BCUT2D eigenvalue weighted by Gasteiger charge is 2.40. The van der Waals surface area contributed by atoms with Crippen LogP contribution in [0.15, 0.2) is 40.2 Å². The molecule has 1 aliphatic heterocycles. The van der Waals surface area contributed by atoms with Gasteiger partial charge in [0.05, 0.1) is 27.7 Å². The van der Waals surface area contributed by atoms with E-state index >= 15 is 0 Å². The number of thioether (sulfide) groups is 1. The first-order valence-electron chi connectivity index (χ1n) is 9.20. The van der Waals surface area contributed by atoms with Crippen molar-refractivity contribution < 1.29 is 13.2 Å². The van der Waals surface area contributed by atoms with Crippen LogP contribution in [0.25, 0.3) is 5.69 Å². The average molecular weight is 489 g/mol. The number of sulfonamides is 1. The van der Waals surface area contributed by atoms with E-state index in [1.165, 1.54) is 46.5 Å². The first kappa shape index (κ1) is 21.6. The first-order valence-corrected chi connectivity index (χ1v) is 12.5. The van der Waals surface area contributed by atoms with Crippen LogP contribution in [0.4, 0.5) is 0 Å². The van der Waals surface area contributed by atoms with Gasteiger partial charge < -0.3 is 5.32 Å². The highest BCUT2D eigenvalue weighted by molar-refractivity contribution is 8.00. The molecule has 1 saturated carbocycles. The van der Waals surface area contributed by atoms with Gasteiger partial charge in [-0.25, -0.2) is 8.42 Å². The number of nitrogens with zero attached hydrogens (tertiary/aromatic N) is 3. The monoisotopic (exact) mass is 488 g/mol. The minimum absolute atomic E-state index is 0.0295. The quantitative estimate of drug-likeness (QED) is 0.667. The van der Waals surface area contributed by atoms with Gasteiger partial charge in [0.15, 0.2) is 0 Å². The molecule has 1 unspecified atom stereocenters. The van der Waals surface area contributed by atoms with Gasteiger partial charge in [-0.15, -0.1) is 11.8 Å². The van der Waals surface area contributed by atoms with E-state index in [1.54, 1.807) is 0 Å². The molecule has 1 aliphatic carbocycles. The first-order chi connectivity index (χ1) is 14.3. The van der Waals surface area contributed by atoms with Gasteiger partial charge >= 0.3 is 0 Å². The van der Waals surface area contributed by atoms with Gasteiger partial charge in [-0.05, 0) is 43.0 Å². The zero-order valence-corrected chi connectivity index (χ0v) is 18.8. The number of carbonyl (C=O) groups excluding carboxylic acids is 1. The zero-order valence-electron chi connectivity index (χ0n) is 15.6. The maximum absolute atomic E-state index is 13.1. The van der Waals surface area contributed by atoms with E-state index in [9.17, 15) is 18.0 Å². The van der Waals surface area contributed by atoms with E-state index < -0.39 is 21.6 Å². The summed E-state index contributed by atoms with van der Waals surface area (Å²) in [6.07, 6.45) is 3.44. The average Bonchev–Trinajstić information content (AvgIpc) is 3.43. The molecule has 1 atom stereocenters. The maximum atomic E-state index is 13.1. The molecule has 1 N–H and O–H groups in total. The Labute approximate surface area is 187 Å². The molecule has 0 spiro atoms. The summed E-state index contributed by atoms with van der Waals surface area (Å²) in [6.45, 7) is 0.591. The van der Waals surface area contributed by atoms with Crippen LogP contribution in [-0.4, -0.2) is 52.6 Å². The molecule has 4 rings (SSSR count). The van der Waals surface area contributed by atoms with Crippen LogP contribution in [0, 0.1) is 5.92 Å². The van der Waals surface area contributed by atoms with Gasteiger partial charge in [-0.2, -0.15) is 14.1 Å². The molecular formula is C18H18Cl2N4O4S2. The number of carbonyl (C=O) groups is 1. The lowest BCUT2D eigenvalue weighted by Gasteiger charge is -2.22. The molecule has 0 radical (unpaired) electrons. The predicted molar refractivity (Wildman–Crippen MR) is 116 cm³/mol. The van der Waals surface area contributed by atoms with Crippen molar-refractivity contribution in [1.29, 1.82) is 0 Å². The number of amides is 1. The number of aromatic nitrogens is 2. The summed E-state index contributed by atoms with van der Waals surface area (Å²) >= 11 is 13.1. The van der Waals surface area contributed by atoms with Crippen molar-refractivity contribution in [2.75, 3.05) is 18.2 Å². The van der Waals surface area contributed by atoms with Crippen molar-refractivity contribution in [2.24, 2.45) is 5.92 Å². The lowest BCUT2D eigenvalue weighted by molar-refractivity contribution is -0.123. The zero-order chi connectivity index (χ0) is 21.5. The highest BCUT2D eigenvalue weighted by atomic mass is 35.5. The second-order valence-corrected chi connectivity index (χ2v) is 10.8. The normalized spacial score (nSPS) is 19.7. The third kappa shape index (κ3) is 4.24. The molecule has 1 amide bonds. The highest BCUT2D eigenvalue weighted by Crippen LogP contribution is 2.30. The van der Waals surface area contributed by atoms with Crippen LogP contribution < -0.4 is 10.9 Å². The van der Waals surface area contributed by atoms with Crippen molar-refractivity contribution in [1.82, 2.24) is 19.4 Å². The number of halogens is 2. The Morgan fingerprint density at radius 1 is 1.23 bits per heavy atom. The van der Waals surface area contributed by atoms with Gasteiger partial charge in [0.2, 0.25) is 15.9 Å². The van der Waals surface area contributed by atoms with Crippen LogP contribution in [0.2, 0.25) is 10.0 Å². The van der Waals surface area contributed by atoms with Gasteiger partial charge in [0.25, 0.3) is 5.56 Å². The molecule has 2 heterocycles. The molecule has 8 nitrogen and oxygen atoms in total. The third-order valence-electron chi connectivity index (χ3n) is 4.97. The molecule has 1 saturated heterocycles. The van der Waals surface area contributed by atoms with E-state index in [0.717, 1.165) is 17.5 Å². The molecule has 2 aromatic rings. The van der Waals surface area contributed by atoms with E-state index in [4.69, 9.17) is 23.2 Å². The number of benzene rings is 1. The van der Waals surface area contributed by atoms with E-state index in [2.05, 4.69) is 10.4 Å². The minimum Gasteiger partial charge on any atom is -0.354 e. The molecule has 1 aromatic heterocycles. The Balaban J connectivity index is 1.56. The SMILES string of the molecule is O=C(NCC1CC1)C1CSCN1S(=O)(=O)c1ccc(-n2ncc(Cl)c(Cl)c2=O)cc1. The van der Waals surface area contributed by atoms with Crippen molar-refractivity contribution >= 4 is 50.9 Å². The summed E-state index contributed by atoms with van der Waals surface area (Å²) in [5, 5.41) is 6.65. The summed E-state index contributed by atoms with van der Waals surface area (Å²) in [5.74, 6) is 0.869. The predicted octanol–water partition coefficient (Wildman–Crippen LogP) is 2.13. The van der Waals surface area contributed by atoms with E-state index in [1.807, 2.05) is 0 Å². The lowest BCUT2D eigenvalue weighted by atomic mass is 10.3. The fourth-order valence-electron chi connectivity index (χ4n) is 3.05. The molecule has 160 valence electrons. The van der Waals surface area contributed by atoms with Crippen molar-refractivity contribution in [3.05, 3.63) is 50.9 Å². The van der Waals surface area contributed by atoms with Crippen molar-refractivity contribution in [3.63, 3.8) is 0 Å². The number of rotatable bonds is 6. The number of hydrogen-bond acceptors (Lipinski definition) is 6. The summed E-state index contributed by atoms with van der Waals surface area (Å²) in [7, 11) is -3.88. The number of hydrogen-bond donors (Lipinski definition) is 1. The summed E-state index contributed by atoms with van der Waals surface area (Å²) < 4.78 is 28.5. The molecule has 0 bridgehead atoms. The largest absolute Gasteiger partial charge is 0.354 e.